The molecule has 0 fully saturated rings. The van der Waals surface area contributed by atoms with Crippen LogP contribution in [0.4, 0.5) is 0 Å². The highest BCUT2D eigenvalue weighted by Crippen LogP contribution is 2.26. The molecule has 0 aromatic carbocycles. The molecule has 0 aliphatic rings. The van der Waals surface area contributed by atoms with Crippen molar-refractivity contribution in [2.75, 3.05) is 6.61 Å². The number of esters is 1. The summed E-state index contributed by atoms with van der Waals surface area (Å²) in [5.74, 6) is -1.20. The van der Waals surface area contributed by atoms with E-state index in [0.29, 0.717) is 11.0 Å². The average molecular weight is 276 g/mol. The molecule has 0 radical (unpaired) electrons. The molecule has 0 bridgehead atoms. The third kappa shape index (κ3) is 2.13. The predicted molar refractivity (Wildman–Crippen MR) is 74.0 cm³/mol. The van der Waals surface area contributed by atoms with Crippen LogP contribution in [-0.4, -0.2) is 27.2 Å². The Morgan fingerprint density at radius 3 is 2.80 bits per heavy atom. The lowest BCUT2D eigenvalue weighted by molar-refractivity contribution is 0.0520. The van der Waals surface area contributed by atoms with E-state index in [1.54, 1.807) is 19.1 Å². The van der Waals surface area contributed by atoms with Crippen LogP contribution >= 0.6 is 0 Å². The van der Waals surface area contributed by atoms with E-state index in [1.807, 2.05) is 13.8 Å². The summed E-state index contributed by atoms with van der Waals surface area (Å²) >= 11 is 0. The molecule has 2 heterocycles. The fraction of sp³-hybridized carbons (Fsp3) is 0.357. The highest BCUT2D eigenvalue weighted by atomic mass is 16.5. The number of ether oxygens (including phenoxy) is 1. The highest BCUT2D eigenvalue weighted by molar-refractivity contribution is 5.98. The third-order valence-electron chi connectivity index (χ3n) is 2.94. The Morgan fingerprint density at radius 2 is 2.20 bits per heavy atom. The smallest absolute Gasteiger partial charge is 0.347 e. The summed E-state index contributed by atoms with van der Waals surface area (Å²) in [5, 5.41) is 10.5. The molecule has 20 heavy (non-hydrogen) atoms. The maximum atomic E-state index is 12.4. The van der Waals surface area contributed by atoms with E-state index in [0.717, 1.165) is 0 Å². The number of rotatable bonds is 3. The first-order valence-electron chi connectivity index (χ1n) is 6.38. The van der Waals surface area contributed by atoms with Gasteiger partial charge in [0.05, 0.1) is 12.0 Å². The third-order valence-corrected chi connectivity index (χ3v) is 2.94. The second-order valence-corrected chi connectivity index (χ2v) is 4.59. The number of carbonyl (C=O) groups is 1. The van der Waals surface area contributed by atoms with Gasteiger partial charge in [0.25, 0.3) is 5.56 Å². The molecule has 6 nitrogen and oxygen atoms in total. The minimum absolute atomic E-state index is 0.129. The van der Waals surface area contributed by atoms with E-state index >= 15 is 0 Å². The fourth-order valence-corrected chi connectivity index (χ4v) is 2.09. The molecule has 0 unspecified atom stereocenters. The van der Waals surface area contributed by atoms with Crippen molar-refractivity contribution in [2.24, 2.45) is 0 Å². The Morgan fingerprint density at radius 1 is 1.50 bits per heavy atom. The first-order valence-corrected chi connectivity index (χ1v) is 6.38. The molecule has 0 spiro atoms. The number of carbonyl (C=O) groups excluding carboxylic acids is 1. The number of fused-ring (bicyclic) bond motifs is 1. The molecule has 0 atom stereocenters. The van der Waals surface area contributed by atoms with Crippen molar-refractivity contribution in [2.45, 2.75) is 26.8 Å². The molecule has 2 rings (SSSR count). The van der Waals surface area contributed by atoms with Gasteiger partial charge in [-0.1, -0.05) is 0 Å². The zero-order valence-corrected chi connectivity index (χ0v) is 11.6. The number of aromatic hydroxyl groups is 1. The minimum atomic E-state index is -0.824. The number of aromatic nitrogens is 2. The van der Waals surface area contributed by atoms with Crippen molar-refractivity contribution in [1.29, 1.82) is 0 Å². The van der Waals surface area contributed by atoms with Crippen LogP contribution < -0.4 is 5.56 Å². The Hall–Kier alpha value is -2.37. The van der Waals surface area contributed by atoms with Crippen LogP contribution in [0.5, 0.6) is 5.75 Å². The lowest BCUT2D eigenvalue weighted by Crippen LogP contribution is -2.29. The second-order valence-electron chi connectivity index (χ2n) is 4.59. The van der Waals surface area contributed by atoms with Crippen LogP contribution in [-0.2, 0) is 4.74 Å². The monoisotopic (exact) mass is 276 g/mol. The number of nitrogens with zero attached hydrogens (tertiary/aromatic N) is 2. The van der Waals surface area contributed by atoms with Gasteiger partial charge in [0.15, 0.2) is 5.56 Å². The summed E-state index contributed by atoms with van der Waals surface area (Å²) in [5.41, 5.74) is -0.596. The largest absolute Gasteiger partial charge is 0.506 e. The van der Waals surface area contributed by atoms with Crippen LogP contribution in [0.25, 0.3) is 11.0 Å². The van der Waals surface area contributed by atoms with Gasteiger partial charge in [-0.3, -0.25) is 9.36 Å². The van der Waals surface area contributed by atoms with Crippen molar-refractivity contribution in [3.05, 3.63) is 34.2 Å². The molecule has 0 saturated carbocycles. The van der Waals surface area contributed by atoms with Gasteiger partial charge in [0.1, 0.15) is 11.4 Å². The molecule has 0 amide bonds. The average Bonchev–Trinajstić information content (AvgIpc) is 2.38. The minimum Gasteiger partial charge on any atom is -0.506 e. The molecule has 106 valence electrons. The first-order chi connectivity index (χ1) is 9.49. The van der Waals surface area contributed by atoms with Gasteiger partial charge in [-0.25, -0.2) is 9.78 Å². The standard InChI is InChI=1S/C14H16N2O4/c1-4-20-14(19)10-11(17)9-6-5-7-15-12(9)16(8(2)3)13(10)18/h5-8,17H,4H2,1-3H3. The maximum absolute atomic E-state index is 12.4. The SMILES string of the molecule is CCOC(=O)c1c(O)c2cccnc2n(C(C)C)c1=O. The van der Waals surface area contributed by atoms with Gasteiger partial charge >= 0.3 is 5.97 Å². The Kier molecular flexibility index (Phi) is 3.74. The van der Waals surface area contributed by atoms with E-state index in [1.165, 1.54) is 10.8 Å². The molecule has 2 aromatic rings. The zero-order chi connectivity index (χ0) is 14.9. The summed E-state index contributed by atoms with van der Waals surface area (Å²) in [6.45, 7) is 5.38. The normalized spacial score (nSPS) is 11.0. The van der Waals surface area contributed by atoms with Gasteiger partial charge in [0, 0.05) is 12.2 Å². The van der Waals surface area contributed by atoms with Crippen molar-refractivity contribution in [1.82, 2.24) is 9.55 Å². The number of hydrogen-bond acceptors (Lipinski definition) is 5. The van der Waals surface area contributed by atoms with Crippen LogP contribution in [0.15, 0.2) is 23.1 Å². The first kappa shape index (κ1) is 14.0. The molecule has 1 N–H and O–H groups in total. The molecule has 6 heteroatoms. The van der Waals surface area contributed by atoms with Crippen LogP contribution in [0.3, 0.4) is 0 Å². The molecule has 0 saturated heterocycles. The van der Waals surface area contributed by atoms with Gasteiger partial charge in [-0.15, -0.1) is 0 Å². The second kappa shape index (κ2) is 5.32. The molecule has 0 aliphatic carbocycles. The van der Waals surface area contributed by atoms with Gasteiger partial charge in [-0.05, 0) is 32.9 Å². The van der Waals surface area contributed by atoms with Crippen molar-refractivity contribution < 1.29 is 14.6 Å². The summed E-state index contributed by atoms with van der Waals surface area (Å²) in [7, 11) is 0. The van der Waals surface area contributed by atoms with E-state index in [-0.39, 0.29) is 24.0 Å². The fourth-order valence-electron chi connectivity index (χ4n) is 2.09. The van der Waals surface area contributed by atoms with Gasteiger partial charge < -0.3 is 9.84 Å². The van der Waals surface area contributed by atoms with Crippen molar-refractivity contribution >= 4 is 17.0 Å². The molecular formula is C14H16N2O4. The van der Waals surface area contributed by atoms with Crippen LogP contribution in [0.1, 0.15) is 37.2 Å². The van der Waals surface area contributed by atoms with E-state index in [9.17, 15) is 14.7 Å². The Bertz CT molecular complexity index is 719. The van der Waals surface area contributed by atoms with Gasteiger partial charge in [-0.2, -0.15) is 0 Å². The summed E-state index contributed by atoms with van der Waals surface area (Å²) < 4.78 is 6.22. The van der Waals surface area contributed by atoms with E-state index in [2.05, 4.69) is 4.98 Å². The van der Waals surface area contributed by atoms with Gasteiger partial charge in [0.2, 0.25) is 0 Å². The van der Waals surface area contributed by atoms with E-state index < -0.39 is 11.5 Å². The Labute approximate surface area is 115 Å². The van der Waals surface area contributed by atoms with Crippen molar-refractivity contribution in [3.8, 4) is 5.75 Å². The highest BCUT2D eigenvalue weighted by Gasteiger charge is 2.24. The van der Waals surface area contributed by atoms with E-state index in [4.69, 9.17) is 4.74 Å². The molecule has 0 aliphatic heterocycles. The lowest BCUT2D eigenvalue weighted by Gasteiger charge is -2.16. The number of hydrogen-bond donors (Lipinski definition) is 1. The Balaban J connectivity index is 2.90. The topological polar surface area (TPSA) is 81.4 Å². The van der Waals surface area contributed by atoms with Crippen LogP contribution in [0.2, 0.25) is 0 Å². The maximum Gasteiger partial charge on any atom is 0.347 e. The summed E-state index contributed by atoms with van der Waals surface area (Å²) in [6, 6.07) is 3.04. The zero-order valence-electron chi connectivity index (χ0n) is 11.6. The lowest BCUT2D eigenvalue weighted by atomic mass is 10.1. The molecular weight excluding hydrogens is 260 g/mol. The van der Waals surface area contributed by atoms with Crippen molar-refractivity contribution in [3.63, 3.8) is 0 Å². The van der Waals surface area contributed by atoms with Crippen LogP contribution in [0, 0.1) is 0 Å². The summed E-state index contributed by atoms with van der Waals surface area (Å²) in [6.07, 6.45) is 1.53. The molecule has 2 aromatic heterocycles. The number of pyridine rings is 2. The quantitative estimate of drug-likeness (QED) is 0.865. The summed E-state index contributed by atoms with van der Waals surface area (Å²) in [4.78, 5) is 28.4. The predicted octanol–water partition coefficient (Wildman–Crippen LogP) is 1.86.